The van der Waals surface area contributed by atoms with Gasteiger partial charge in [0.15, 0.2) is 0 Å². The summed E-state index contributed by atoms with van der Waals surface area (Å²) in [5.41, 5.74) is 4.99. The zero-order chi connectivity index (χ0) is 7.78. The van der Waals surface area contributed by atoms with Crippen molar-refractivity contribution in [1.29, 1.82) is 0 Å². The first-order valence-electron chi connectivity index (χ1n) is 2.96. The minimum absolute atomic E-state index is 0.449. The predicted molar refractivity (Wildman–Crippen MR) is 36.2 cm³/mol. The van der Waals surface area contributed by atoms with Gasteiger partial charge in [-0.05, 0) is 13.8 Å². The second-order valence-corrected chi connectivity index (χ2v) is 2.68. The number of rotatable bonds is 1. The fourth-order valence-corrected chi connectivity index (χ4v) is 0.808. The van der Waals surface area contributed by atoms with Crippen molar-refractivity contribution in [2.45, 2.75) is 19.4 Å². The lowest BCUT2D eigenvalue weighted by Crippen LogP contribution is -2.28. The van der Waals surface area contributed by atoms with Crippen LogP contribution in [0.4, 0.5) is 0 Å². The number of amides is 1. The van der Waals surface area contributed by atoms with Gasteiger partial charge < -0.3 is 5.73 Å². The van der Waals surface area contributed by atoms with E-state index in [9.17, 15) is 4.79 Å². The Hall–Kier alpha value is -1.19. The van der Waals surface area contributed by atoms with Crippen molar-refractivity contribution in [3.05, 3.63) is 11.8 Å². The molecule has 0 aliphatic carbocycles. The maximum Gasteiger partial charge on any atom is 0.248 e. The summed E-state index contributed by atoms with van der Waals surface area (Å²) in [7, 11) is 0. The largest absolute Gasteiger partial charge is 0.366 e. The lowest BCUT2D eigenvalue weighted by Gasteiger charge is -2.13. The van der Waals surface area contributed by atoms with Crippen LogP contribution in [0.1, 0.15) is 13.8 Å². The summed E-state index contributed by atoms with van der Waals surface area (Å²) in [6, 6.07) is 0. The lowest BCUT2D eigenvalue weighted by molar-refractivity contribution is -0.115. The third-order valence-electron chi connectivity index (χ3n) is 1.42. The van der Waals surface area contributed by atoms with Crippen molar-refractivity contribution in [2.24, 2.45) is 16.0 Å². The molecule has 1 rings (SSSR count). The molecule has 0 atom stereocenters. The summed E-state index contributed by atoms with van der Waals surface area (Å²) in [6.07, 6.45) is 1.41. The Bertz CT molecular complexity index is 227. The molecular formula is C6H9N3O. The molecule has 0 saturated carbocycles. The third kappa shape index (κ3) is 0.920. The quantitative estimate of drug-likeness (QED) is 0.567. The van der Waals surface area contributed by atoms with Gasteiger partial charge in [-0.3, -0.25) is 4.79 Å². The molecule has 0 unspecified atom stereocenters. The summed E-state index contributed by atoms with van der Waals surface area (Å²) >= 11 is 0. The molecular weight excluding hydrogens is 130 g/mol. The first kappa shape index (κ1) is 6.92. The number of hydrogen-bond acceptors (Lipinski definition) is 3. The molecule has 4 heteroatoms. The van der Waals surface area contributed by atoms with Crippen LogP contribution < -0.4 is 5.73 Å². The van der Waals surface area contributed by atoms with Crippen LogP contribution in [-0.4, -0.2) is 11.4 Å². The molecule has 0 aromatic rings. The molecule has 0 spiro atoms. The zero-order valence-corrected chi connectivity index (χ0v) is 5.96. The van der Waals surface area contributed by atoms with Crippen LogP contribution >= 0.6 is 0 Å². The molecule has 0 fully saturated rings. The number of carbonyl (C=O) groups excluding carboxylic acids is 1. The molecule has 0 bridgehead atoms. The van der Waals surface area contributed by atoms with E-state index < -0.39 is 11.4 Å². The van der Waals surface area contributed by atoms with Crippen molar-refractivity contribution in [1.82, 2.24) is 0 Å². The average molecular weight is 139 g/mol. The maximum atomic E-state index is 10.7. The topological polar surface area (TPSA) is 67.8 Å². The SMILES string of the molecule is CC1(C)N=NC=C1C(N)=O. The van der Waals surface area contributed by atoms with E-state index in [1.165, 1.54) is 6.20 Å². The van der Waals surface area contributed by atoms with E-state index in [0.717, 1.165) is 0 Å². The number of nitrogens with two attached hydrogens (primary N) is 1. The normalized spacial score (nSPS) is 20.8. The van der Waals surface area contributed by atoms with E-state index in [0.29, 0.717) is 5.57 Å². The minimum Gasteiger partial charge on any atom is -0.366 e. The zero-order valence-electron chi connectivity index (χ0n) is 5.96. The molecule has 0 aromatic carbocycles. The van der Waals surface area contributed by atoms with Crippen molar-refractivity contribution in [3.63, 3.8) is 0 Å². The van der Waals surface area contributed by atoms with Gasteiger partial charge in [-0.1, -0.05) is 0 Å². The number of hydrogen-bond donors (Lipinski definition) is 1. The van der Waals surface area contributed by atoms with E-state index >= 15 is 0 Å². The van der Waals surface area contributed by atoms with Crippen molar-refractivity contribution < 1.29 is 4.79 Å². The van der Waals surface area contributed by atoms with Gasteiger partial charge in [0.1, 0.15) is 5.54 Å². The third-order valence-corrected chi connectivity index (χ3v) is 1.42. The van der Waals surface area contributed by atoms with Crippen LogP contribution in [0.5, 0.6) is 0 Å². The van der Waals surface area contributed by atoms with Gasteiger partial charge in [0.25, 0.3) is 0 Å². The maximum absolute atomic E-state index is 10.7. The molecule has 1 heterocycles. The van der Waals surface area contributed by atoms with Crippen LogP contribution in [0.3, 0.4) is 0 Å². The number of primary amides is 1. The molecule has 2 N–H and O–H groups in total. The van der Waals surface area contributed by atoms with Gasteiger partial charge in [0.05, 0.1) is 11.8 Å². The summed E-state index contributed by atoms with van der Waals surface area (Å²) < 4.78 is 0. The predicted octanol–water partition coefficient (Wildman–Crippen LogP) is 0.600. The minimum atomic E-state index is -0.522. The summed E-state index contributed by atoms with van der Waals surface area (Å²) in [5.74, 6) is -0.449. The van der Waals surface area contributed by atoms with E-state index in [-0.39, 0.29) is 0 Å². The molecule has 1 amide bonds. The Morgan fingerprint density at radius 2 is 2.30 bits per heavy atom. The van der Waals surface area contributed by atoms with Gasteiger partial charge in [-0.15, -0.1) is 0 Å². The molecule has 1 aliphatic rings. The smallest absolute Gasteiger partial charge is 0.248 e. The van der Waals surface area contributed by atoms with Crippen molar-refractivity contribution >= 4 is 5.91 Å². The van der Waals surface area contributed by atoms with E-state index in [2.05, 4.69) is 10.2 Å². The second-order valence-electron chi connectivity index (χ2n) is 2.68. The lowest BCUT2D eigenvalue weighted by atomic mass is 9.97. The van der Waals surface area contributed by atoms with Crippen molar-refractivity contribution in [3.8, 4) is 0 Å². The van der Waals surface area contributed by atoms with Crippen LogP contribution in [0.25, 0.3) is 0 Å². The number of nitrogens with zero attached hydrogens (tertiary/aromatic N) is 2. The van der Waals surface area contributed by atoms with Crippen LogP contribution in [-0.2, 0) is 4.79 Å². The fraction of sp³-hybridized carbons (Fsp3) is 0.500. The first-order chi connectivity index (χ1) is 4.54. The Kier molecular flexibility index (Phi) is 1.31. The highest BCUT2D eigenvalue weighted by molar-refractivity contribution is 5.94. The molecule has 10 heavy (non-hydrogen) atoms. The Labute approximate surface area is 58.8 Å². The van der Waals surface area contributed by atoms with Gasteiger partial charge in [0, 0.05) is 0 Å². The highest BCUT2D eigenvalue weighted by Gasteiger charge is 2.30. The van der Waals surface area contributed by atoms with Crippen LogP contribution in [0.2, 0.25) is 0 Å². The Morgan fingerprint density at radius 1 is 1.70 bits per heavy atom. The Balaban J connectivity index is 2.93. The van der Waals surface area contributed by atoms with Crippen molar-refractivity contribution in [2.75, 3.05) is 0 Å². The van der Waals surface area contributed by atoms with Crippen LogP contribution in [0, 0.1) is 0 Å². The molecule has 54 valence electrons. The fourth-order valence-electron chi connectivity index (χ4n) is 0.808. The summed E-state index contributed by atoms with van der Waals surface area (Å²) in [5, 5.41) is 7.40. The van der Waals surface area contributed by atoms with E-state index in [1.54, 1.807) is 13.8 Å². The van der Waals surface area contributed by atoms with Gasteiger partial charge in [0.2, 0.25) is 5.91 Å². The van der Waals surface area contributed by atoms with Gasteiger partial charge >= 0.3 is 0 Å². The standard InChI is InChI=1S/C6H9N3O/c1-6(2)4(5(7)10)3-8-9-6/h3H,1-2H3,(H2,7,10). The van der Waals surface area contributed by atoms with Gasteiger partial charge in [-0.25, -0.2) is 0 Å². The molecule has 0 aromatic heterocycles. The molecule has 1 aliphatic heterocycles. The molecule has 0 radical (unpaired) electrons. The van der Waals surface area contributed by atoms with Crippen LogP contribution in [0.15, 0.2) is 22.0 Å². The molecule has 4 nitrogen and oxygen atoms in total. The summed E-state index contributed by atoms with van der Waals surface area (Å²) in [6.45, 7) is 3.58. The summed E-state index contributed by atoms with van der Waals surface area (Å²) in [4.78, 5) is 10.7. The Morgan fingerprint density at radius 3 is 2.50 bits per heavy atom. The highest BCUT2D eigenvalue weighted by atomic mass is 16.1. The number of carbonyl (C=O) groups is 1. The first-order valence-corrected chi connectivity index (χ1v) is 2.96. The monoisotopic (exact) mass is 139 g/mol. The molecule has 0 saturated heterocycles. The van der Waals surface area contributed by atoms with E-state index in [4.69, 9.17) is 5.73 Å². The highest BCUT2D eigenvalue weighted by Crippen LogP contribution is 2.25. The second kappa shape index (κ2) is 1.90. The van der Waals surface area contributed by atoms with E-state index in [1.807, 2.05) is 0 Å². The number of azo groups is 1. The van der Waals surface area contributed by atoms with Gasteiger partial charge in [-0.2, -0.15) is 10.2 Å². The average Bonchev–Trinajstić information content (AvgIpc) is 2.08.